The second kappa shape index (κ2) is 8.16. The first-order chi connectivity index (χ1) is 13.7. The van der Waals surface area contributed by atoms with E-state index in [-0.39, 0.29) is 6.04 Å². The van der Waals surface area contributed by atoms with Crippen molar-refractivity contribution in [3.05, 3.63) is 65.2 Å². The summed E-state index contributed by atoms with van der Waals surface area (Å²) in [5.41, 5.74) is 2.17. The molecular formula is C21H24N4O2S. The second-order valence-corrected chi connectivity index (χ2v) is 7.20. The Balaban J connectivity index is 1.61. The number of hydrogen-bond donors (Lipinski definition) is 0. The van der Waals surface area contributed by atoms with Gasteiger partial charge in [0.1, 0.15) is 17.8 Å². The molecule has 0 N–H and O–H groups in total. The fourth-order valence-corrected chi connectivity index (χ4v) is 4.08. The van der Waals surface area contributed by atoms with E-state index in [1.165, 1.54) is 0 Å². The van der Waals surface area contributed by atoms with Gasteiger partial charge in [-0.25, -0.2) is 4.68 Å². The molecule has 7 heteroatoms. The SMILES string of the molecule is COc1ccc(OC)c([C@@H]2CCCN2Cn2ncn(-c3ccccc3)c2=S)c1. The van der Waals surface area contributed by atoms with E-state index in [0.717, 1.165) is 42.1 Å². The quantitative estimate of drug-likeness (QED) is 0.584. The van der Waals surface area contributed by atoms with E-state index in [2.05, 4.69) is 16.1 Å². The van der Waals surface area contributed by atoms with Crippen LogP contribution in [0.2, 0.25) is 0 Å². The molecule has 0 bridgehead atoms. The van der Waals surface area contributed by atoms with Gasteiger partial charge in [0, 0.05) is 23.8 Å². The Bertz CT molecular complexity index is 999. The van der Waals surface area contributed by atoms with Crippen LogP contribution in [0, 0.1) is 4.77 Å². The molecule has 2 aromatic carbocycles. The molecule has 1 aliphatic rings. The van der Waals surface area contributed by atoms with E-state index in [9.17, 15) is 0 Å². The van der Waals surface area contributed by atoms with Crippen LogP contribution in [0.4, 0.5) is 0 Å². The third-order valence-electron chi connectivity index (χ3n) is 5.24. The molecule has 3 aromatic rings. The highest BCUT2D eigenvalue weighted by Crippen LogP contribution is 2.39. The monoisotopic (exact) mass is 396 g/mol. The zero-order chi connectivity index (χ0) is 19.5. The summed E-state index contributed by atoms with van der Waals surface area (Å²) >= 11 is 5.68. The van der Waals surface area contributed by atoms with Crippen LogP contribution in [0.5, 0.6) is 11.5 Å². The van der Waals surface area contributed by atoms with Gasteiger partial charge in [0.05, 0.1) is 20.9 Å². The lowest BCUT2D eigenvalue weighted by Gasteiger charge is -2.26. The van der Waals surface area contributed by atoms with Gasteiger partial charge in [0.15, 0.2) is 0 Å². The molecule has 0 amide bonds. The van der Waals surface area contributed by atoms with Crippen LogP contribution < -0.4 is 9.47 Å². The third kappa shape index (κ3) is 3.55. The number of likely N-dealkylation sites (tertiary alicyclic amines) is 1. The number of hydrogen-bond acceptors (Lipinski definition) is 5. The highest BCUT2D eigenvalue weighted by atomic mass is 32.1. The van der Waals surface area contributed by atoms with Gasteiger partial charge >= 0.3 is 0 Å². The van der Waals surface area contributed by atoms with Gasteiger partial charge in [-0.15, -0.1) is 0 Å². The topological polar surface area (TPSA) is 44.5 Å². The summed E-state index contributed by atoms with van der Waals surface area (Å²) in [6.07, 6.45) is 3.98. The van der Waals surface area contributed by atoms with Crippen LogP contribution in [0.15, 0.2) is 54.9 Å². The predicted octanol–water partition coefficient (Wildman–Crippen LogP) is 4.22. The molecule has 0 unspecified atom stereocenters. The predicted molar refractivity (Wildman–Crippen MR) is 111 cm³/mol. The van der Waals surface area contributed by atoms with Crippen LogP contribution in [-0.4, -0.2) is 40.0 Å². The lowest BCUT2D eigenvalue weighted by Crippen LogP contribution is -2.27. The number of ether oxygens (including phenoxy) is 2. The van der Waals surface area contributed by atoms with E-state index < -0.39 is 0 Å². The number of rotatable bonds is 6. The Kier molecular flexibility index (Phi) is 5.45. The number of benzene rings is 2. The first kappa shape index (κ1) is 18.7. The maximum Gasteiger partial charge on any atom is 0.203 e. The second-order valence-electron chi connectivity index (χ2n) is 6.84. The molecule has 1 aromatic heterocycles. The Morgan fingerprint density at radius 3 is 2.68 bits per heavy atom. The zero-order valence-corrected chi connectivity index (χ0v) is 16.9. The Hall–Kier alpha value is -2.64. The van der Waals surface area contributed by atoms with Gasteiger partial charge in [0.25, 0.3) is 0 Å². The molecular weight excluding hydrogens is 372 g/mol. The minimum atomic E-state index is 0.244. The van der Waals surface area contributed by atoms with Gasteiger partial charge < -0.3 is 9.47 Å². The lowest BCUT2D eigenvalue weighted by atomic mass is 10.0. The molecule has 2 heterocycles. The average molecular weight is 397 g/mol. The largest absolute Gasteiger partial charge is 0.497 e. The first-order valence-corrected chi connectivity index (χ1v) is 9.78. The molecule has 1 atom stereocenters. The first-order valence-electron chi connectivity index (χ1n) is 9.37. The molecule has 146 valence electrons. The van der Waals surface area contributed by atoms with Gasteiger partial charge in [0.2, 0.25) is 4.77 Å². The molecule has 0 spiro atoms. The zero-order valence-electron chi connectivity index (χ0n) is 16.1. The maximum absolute atomic E-state index is 5.68. The van der Waals surface area contributed by atoms with E-state index in [1.807, 2.05) is 51.7 Å². The Morgan fingerprint density at radius 2 is 1.93 bits per heavy atom. The van der Waals surface area contributed by atoms with Crippen molar-refractivity contribution in [1.29, 1.82) is 0 Å². The van der Waals surface area contributed by atoms with E-state index in [0.29, 0.717) is 11.4 Å². The third-order valence-corrected chi connectivity index (χ3v) is 5.65. The minimum absolute atomic E-state index is 0.244. The summed E-state index contributed by atoms with van der Waals surface area (Å²) < 4.78 is 15.5. The van der Waals surface area contributed by atoms with Crippen molar-refractivity contribution in [1.82, 2.24) is 19.2 Å². The Morgan fingerprint density at radius 1 is 1.11 bits per heavy atom. The maximum atomic E-state index is 5.68. The van der Waals surface area contributed by atoms with Crippen molar-refractivity contribution in [2.45, 2.75) is 25.6 Å². The molecule has 4 rings (SSSR count). The number of methoxy groups -OCH3 is 2. The molecule has 0 radical (unpaired) electrons. The van der Waals surface area contributed by atoms with Crippen molar-refractivity contribution in [3.8, 4) is 17.2 Å². The van der Waals surface area contributed by atoms with Gasteiger partial charge in [-0.1, -0.05) is 18.2 Å². The van der Waals surface area contributed by atoms with E-state index >= 15 is 0 Å². The molecule has 0 aliphatic carbocycles. The molecule has 0 saturated carbocycles. The van der Waals surface area contributed by atoms with Crippen LogP contribution in [0.1, 0.15) is 24.4 Å². The number of aromatic nitrogens is 3. The molecule has 1 fully saturated rings. The van der Waals surface area contributed by atoms with Gasteiger partial charge in [-0.3, -0.25) is 9.47 Å². The van der Waals surface area contributed by atoms with Crippen LogP contribution in [0.25, 0.3) is 5.69 Å². The number of para-hydroxylation sites is 1. The molecule has 28 heavy (non-hydrogen) atoms. The highest BCUT2D eigenvalue weighted by molar-refractivity contribution is 7.71. The average Bonchev–Trinajstić information content (AvgIpc) is 3.35. The summed E-state index contributed by atoms with van der Waals surface area (Å²) in [5, 5.41) is 4.54. The van der Waals surface area contributed by atoms with Gasteiger partial charge in [-0.05, 0) is 55.4 Å². The van der Waals surface area contributed by atoms with Crippen molar-refractivity contribution >= 4 is 12.2 Å². The van der Waals surface area contributed by atoms with Crippen LogP contribution in [0.3, 0.4) is 0 Å². The van der Waals surface area contributed by atoms with Crippen molar-refractivity contribution in [3.63, 3.8) is 0 Å². The number of nitrogens with zero attached hydrogens (tertiary/aromatic N) is 4. The fraction of sp³-hybridized carbons (Fsp3) is 0.333. The van der Waals surface area contributed by atoms with Crippen LogP contribution in [-0.2, 0) is 6.67 Å². The standard InChI is InChI=1S/C21H24N4O2S/c1-26-17-10-11-20(27-2)18(13-17)19-9-6-12-23(19)15-25-21(28)24(14-22-25)16-7-4-3-5-8-16/h3-5,7-8,10-11,13-14,19H,6,9,12,15H2,1-2H3/t19-/m0/s1. The Labute approximate surface area is 169 Å². The summed E-state index contributed by atoms with van der Waals surface area (Å²) in [6, 6.07) is 16.3. The highest BCUT2D eigenvalue weighted by Gasteiger charge is 2.29. The van der Waals surface area contributed by atoms with Crippen molar-refractivity contribution in [2.75, 3.05) is 20.8 Å². The normalized spacial score (nSPS) is 17.0. The smallest absolute Gasteiger partial charge is 0.203 e. The van der Waals surface area contributed by atoms with E-state index in [4.69, 9.17) is 21.7 Å². The fourth-order valence-electron chi connectivity index (χ4n) is 3.82. The summed E-state index contributed by atoms with van der Waals surface area (Å²) in [5.74, 6) is 1.73. The minimum Gasteiger partial charge on any atom is -0.497 e. The molecule has 1 aliphatic heterocycles. The molecule has 6 nitrogen and oxygen atoms in total. The van der Waals surface area contributed by atoms with E-state index in [1.54, 1.807) is 20.5 Å². The summed E-state index contributed by atoms with van der Waals surface area (Å²) in [7, 11) is 3.40. The summed E-state index contributed by atoms with van der Waals surface area (Å²) in [6.45, 7) is 1.63. The summed E-state index contributed by atoms with van der Waals surface area (Å²) in [4.78, 5) is 2.40. The molecule has 1 saturated heterocycles. The van der Waals surface area contributed by atoms with Crippen LogP contribution >= 0.6 is 12.2 Å². The van der Waals surface area contributed by atoms with Crippen molar-refractivity contribution < 1.29 is 9.47 Å². The van der Waals surface area contributed by atoms with Gasteiger partial charge in [-0.2, -0.15) is 5.10 Å². The lowest BCUT2D eigenvalue weighted by molar-refractivity contribution is 0.186. The van der Waals surface area contributed by atoms with Crippen molar-refractivity contribution in [2.24, 2.45) is 0 Å².